The van der Waals surface area contributed by atoms with Crippen molar-refractivity contribution in [1.29, 1.82) is 0 Å². The Bertz CT molecular complexity index is 1370. The average Bonchev–Trinajstić information content (AvgIpc) is 2.87. The van der Waals surface area contributed by atoms with Gasteiger partial charge in [0.1, 0.15) is 18.4 Å². The zero-order chi connectivity index (χ0) is 27.2. The molecule has 10 heteroatoms. The van der Waals surface area contributed by atoms with Crippen LogP contribution in [0.1, 0.15) is 16.7 Å². The van der Waals surface area contributed by atoms with E-state index in [9.17, 15) is 22.4 Å². The predicted octanol–water partition coefficient (Wildman–Crippen LogP) is 3.94. The van der Waals surface area contributed by atoms with Gasteiger partial charge in [-0.15, -0.1) is 0 Å². The molecule has 0 spiro atoms. The van der Waals surface area contributed by atoms with Crippen molar-refractivity contribution in [2.24, 2.45) is 0 Å². The summed E-state index contributed by atoms with van der Waals surface area (Å²) in [6.45, 7) is 0.819. The Balaban J connectivity index is 2.07. The third-order valence-electron chi connectivity index (χ3n) is 6.00. The second kappa shape index (κ2) is 12.2. The molecule has 3 rings (SSSR count). The number of rotatable bonds is 10. The smallest absolute Gasteiger partial charge is 0.244 e. The summed E-state index contributed by atoms with van der Waals surface area (Å²) >= 11 is 6.22. The van der Waals surface area contributed by atoms with E-state index in [1.54, 1.807) is 31.2 Å². The number of anilines is 1. The molecular formula is C27H29ClFN3O4S. The van der Waals surface area contributed by atoms with Crippen molar-refractivity contribution in [3.05, 3.63) is 100 Å². The largest absolute Gasteiger partial charge is 0.357 e. The van der Waals surface area contributed by atoms with Crippen LogP contribution in [-0.2, 0) is 32.6 Å². The Morgan fingerprint density at radius 3 is 2.27 bits per heavy atom. The minimum atomic E-state index is -3.92. The van der Waals surface area contributed by atoms with Crippen LogP contribution in [0.25, 0.3) is 0 Å². The van der Waals surface area contributed by atoms with Crippen LogP contribution >= 0.6 is 11.6 Å². The Morgan fingerprint density at radius 2 is 1.65 bits per heavy atom. The molecule has 1 unspecified atom stereocenters. The summed E-state index contributed by atoms with van der Waals surface area (Å²) in [4.78, 5) is 28.1. The Labute approximate surface area is 221 Å². The molecule has 0 saturated heterocycles. The lowest BCUT2D eigenvalue weighted by Gasteiger charge is -2.33. The molecule has 1 N–H and O–H groups in total. The van der Waals surface area contributed by atoms with E-state index in [0.717, 1.165) is 16.1 Å². The second-order valence-corrected chi connectivity index (χ2v) is 10.9. The van der Waals surface area contributed by atoms with Gasteiger partial charge in [0.25, 0.3) is 0 Å². The molecule has 7 nitrogen and oxygen atoms in total. The van der Waals surface area contributed by atoms with Gasteiger partial charge in [-0.2, -0.15) is 0 Å². The van der Waals surface area contributed by atoms with E-state index in [1.807, 2.05) is 30.3 Å². The summed E-state index contributed by atoms with van der Waals surface area (Å²) < 4.78 is 41.2. The first-order valence-corrected chi connectivity index (χ1v) is 13.8. The fourth-order valence-electron chi connectivity index (χ4n) is 3.99. The first-order valence-electron chi connectivity index (χ1n) is 11.5. The van der Waals surface area contributed by atoms with Gasteiger partial charge in [-0.25, -0.2) is 12.8 Å². The standard InChI is InChI=1S/C27H29ClFN3O4S/c1-19-22(28)13-9-15-24(19)32(37(3,35)36)18-26(33)31(17-21-12-7-8-14-23(21)29)25(27(34)30-2)16-20-10-5-4-6-11-20/h4-15,25H,16-18H2,1-3H3,(H,30,34). The maximum Gasteiger partial charge on any atom is 0.244 e. The molecule has 0 aliphatic heterocycles. The quantitative estimate of drug-likeness (QED) is 0.418. The molecule has 0 aliphatic carbocycles. The van der Waals surface area contributed by atoms with Crippen LogP contribution in [0.4, 0.5) is 10.1 Å². The Morgan fingerprint density at radius 1 is 1.00 bits per heavy atom. The average molecular weight is 546 g/mol. The molecule has 0 aromatic heterocycles. The van der Waals surface area contributed by atoms with E-state index < -0.39 is 40.2 Å². The zero-order valence-corrected chi connectivity index (χ0v) is 22.4. The third-order valence-corrected chi connectivity index (χ3v) is 7.54. The molecule has 3 aromatic carbocycles. The molecule has 0 heterocycles. The number of hydrogen-bond acceptors (Lipinski definition) is 4. The normalized spacial score (nSPS) is 12.0. The minimum absolute atomic E-state index is 0.149. The van der Waals surface area contributed by atoms with Gasteiger partial charge in [-0.05, 0) is 36.2 Å². The van der Waals surface area contributed by atoms with Gasteiger partial charge in [0, 0.05) is 30.6 Å². The number of carbonyl (C=O) groups is 2. The summed E-state index contributed by atoms with van der Waals surface area (Å²) in [6.07, 6.45) is 1.14. The highest BCUT2D eigenvalue weighted by Crippen LogP contribution is 2.28. The van der Waals surface area contributed by atoms with Crippen LogP contribution in [0.15, 0.2) is 72.8 Å². The number of likely N-dealkylation sites (N-methyl/N-ethyl adjacent to an activating group) is 1. The number of nitrogens with zero attached hydrogens (tertiary/aromatic N) is 2. The van der Waals surface area contributed by atoms with Crippen LogP contribution in [0, 0.1) is 12.7 Å². The maximum absolute atomic E-state index is 14.6. The molecule has 0 bridgehead atoms. The van der Waals surface area contributed by atoms with Gasteiger partial charge in [0.2, 0.25) is 21.8 Å². The summed E-state index contributed by atoms with van der Waals surface area (Å²) in [6, 6.07) is 18.8. The monoisotopic (exact) mass is 545 g/mol. The van der Waals surface area contributed by atoms with Gasteiger partial charge in [-0.3, -0.25) is 13.9 Å². The molecule has 0 saturated carbocycles. The van der Waals surface area contributed by atoms with Gasteiger partial charge in [0.05, 0.1) is 11.9 Å². The second-order valence-electron chi connectivity index (χ2n) is 8.59. The van der Waals surface area contributed by atoms with Crippen molar-refractivity contribution in [3.8, 4) is 0 Å². The molecule has 2 amide bonds. The highest BCUT2D eigenvalue weighted by atomic mass is 35.5. The predicted molar refractivity (Wildman–Crippen MR) is 143 cm³/mol. The topological polar surface area (TPSA) is 86.8 Å². The highest BCUT2D eigenvalue weighted by Gasteiger charge is 2.33. The zero-order valence-electron chi connectivity index (χ0n) is 20.8. The lowest BCUT2D eigenvalue weighted by molar-refractivity contribution is -0.139. The SMILES string of the molecule is CNC(=O)C(Cc1ccccc1)N(Cc1ccccc1F)C(=O)CN(c1cccc(Cl)c1C)S(C)(=O)=O. The Kier molecular flexibility index (Phi) is 9.29. The van der Waals surface area contributed by atoms with Crippen LogP contribution in [0.2, 0.25) is 5.02 Å². The molecule has 37 heavy (non-hydrogen) atoms. The van der Waals surface area contributed by atoms with E-state index in [0.29, 0.717) is 10.6 Å². The van der Waals surface area contributed by atoms with Crippen molar-refractivity contribution in [1.82, 2.24) is 10.2 Å². The van der Waals surface area contributed by atoms with Crippen molar-refractivity contribution in [2.75, 3.05) is 24.2 Å². The molecule has 196 valence electrons. The lowest BCUT2D eigenvalue weighted by atomic mass is 10.0. The fourth-order valence-corrected chi connectivity index (χ4v) is 5.06. The van der Waals surface area contributed by atoms with Crippen LogP contribution in [0.3, 0.4) is 0 Å². The number of nitrogens with one attached hydrogen (secondary N) is 1. The van der Waals surface area contributed by atoms with Gasteiger partial charge in [-0.1, -0.05) is 66.2 Å². The molecule has 0 aliphatic rings. The van der Waals surface area contributed by atoms with Crippen molar-refractivity contribution in [3.63, 3.8) is 0 Å². The van der Waals surface area contributed by atoms with E-state index in [4.69, 9.17) is 11.6 Å². The fraction of sp³-hybridized carbons (Fsp3) is 0.259. The van der Waals surface area contributed by atoms with Gasteiger partial charge < -0.3 is 10.2 Å². The van der Waals surface area contributed by atoms with E-state index in [1.165, 1.54) is 30.1 Å². The lowest BCUT2D eigenvalue weighted by Crippen LogP contribution is -2.53. The Hall–Kier alpha value is -3.43. The summed E-state index contributed by atoms with van der Waals surface area (Å²) in [5.41, 5.74) is 1.71. The maximum atomic E-state index is 14.6. The molecular weight excluding hydrogens is 517 g/mol. The van der Waals surface area contributed by atoms with E-state index in [2.05, 4.69) is 5.32 Å². The summed E-state index contributed by atoms with van der Waals surface area (Å²) in [5.74, 6) is -1.67. The molecule has 0 fully saturated rings. The van der Waals surface area contributed by atoms with E-state index in [-0.39, 0.29) is 24.2 Å². The number of sulfonamides is 1. The first kappa shape index (κ1) is 28.1. The summed E-state index contributed by atoms with van der Waals surface area (Å²) in [5, 5.41) is 2.92. The molecule has 0 radical (unpaired) electrons. The number of carbonyl (C=O) groups excluding carboxylic acids is 2. The number of benzene rings is 3. The number of amides is 2. The van der Waals surface area contributed by atoms with Crippen molar-refractivity contribution in [2.45, 2.75) is 25.9 Å². The van der Waals surface area contributed by atoms with Crippen molar-refractivity contribution < 1.29 is 22.4 Å². The number of hydrogen-bond donors (Lipinski definition) is 1. The van der Waals surface area contributed by atoms with Crippen LogP contribution in [0.5, 0.6) is 0 Å². The van der Waals surface area contributed by atoms with Crippen LogP contribution < -0.4 is 9.62 Å². The first-order chi connectivity index (χ1) is 17.5. The number of halogens is 2. The van der Waals surface area contributed by atoms with E-state index >= 15 is 0 Å². The van der Waals surface area contributed by atoms with Gasteiger partial charge >= 0.3 is 0 Å². The molecule has 1 atom stereocenters. The third kappa shape index (κ3) is 7.08. The molecule has 3 aromatic rings. The van der Waals surface area contributed by atoms with Crippen molar-refractivity contribution >= 4 is 39.1 Å². The minimum Gasteiger partial charge on any atom is -0.357 e. The summed E-state index contributed by atoms with van der Waals surface area (Å²) in [7, 11) is -2.48. The van der Waals surface area contributed by atoms with Crippen LogP contribution in [-0.4, -0.2) is 51.0 Å². The highest BCUT2D eigenvalue weighted by molar-refractivity contribution is 7.92. The van der Waals surface area contributed by atoms with Gasteiger partial charge in [0.15, 0.2) is 0 Å².